The van der Waals surface area contributed by atoms with Crippen molar-refractivity contribution in [2.24, 2.45) is 5.92 Å². The van der Waals surface area contributed by atoms with Gasteiger partial charge in [0.15, 0.2) is 0 Å². The Morgan fingerprint density at radius 3 is 2.40 bits per heavy atom. The Morgan fingerprint density at radius 2 is 1.80 bits per heavy atom. The van der Waals surface area contributed by atoms with Gasteiger partial charge in [-0.05, 0) is 44.6 Å². The lowest BCUT2D eigenvalue weighted by Crippen LogP contribution is -2.37. The molecule has 1 aromatic heterocycles. The number of rotatable bonds is 5. The molecule has 2 fully saturated rings. The van der Waals surface area contributed by atoms with Crippen LogP contribution in [0.25, 0.3) is 0 Å². The Labute approximate surface area is 148 Å². The van der Waals surface area contributed by atoms with E-state index in [0.29, 0.717) is 18.9 Å². The maximum absolute atomic E-state index is 11.4. The van der Waals surface area contributed by atoms with E-state index in [1.54, 1.807) is 13.1 Å². The molecule has 2 aliphatic rings. The average Bonchev–Trinajstić information content (AvgIpc) is 3.05. The third-order valence-electron chi connectivity index (χ3n) is 5.33. The molecule has 1 N–H and O–H groups in total. The van der Waals surface area contributed by atoms with Crippen LogP contribution in [0, 0.1) is 5.92 Å². The second-order valence-electron chi connectivity index (χ2n) is 7.12. The standard InChI is InChI=1S/C18H26N4O3/c1-13(23)21-7-4-14(5-8-21)9-15-10-20-16(11-19-15)12-22-6-2-3-17(22)18(24)25/h10-11,14,17H,2-9,12H2,1H3,(H,24,25)/t17-/m1/s1. The third kappa shape index (κ3) is 4.54. The van der Waals surface area contributed by atoms with Gasteiger partial charge in [0.25, 0.3) is 0 Å². The van der Waals surface area contributed by atoms with Gasteiger partial charge in [-0.3, -0.25) is 24.5 Å². The maximum Gasteiger partial charge on any atom is 0.320 e. The molecule has 0 radical (unpaired) electrons. The van der Waals surface area contributed by atoms with Crippen molar-refractivity contribution >= 4 is 11.9 Å². The predicted octanol–water partition coefficient (Wildman–Crippen LogP) is 1.33. The predicted molar refractivity (Wildman–Crippen MR) is 91.8 cm³/mol. The highest BCUT2D eigenvalue weighted by molar-refractivity contribution is 5.74. The minimum Gasteiger partial charge on any atom is -0.480 e. The topological polar surface area (TPSA) is 86.6 Å². The fourth-order valence-corrected chi connectivity index (χ4v) is 3.82. The van der Waals surface area contributed by atoms with Gasteiger partial charge >= 0.3 is 5.97 Å². The second-order valence-corrected chi connectivity index (χ2v) is 7.12. The molecule has 7 heteroatoms. The van der Waals surface area contributed by atoms with Gasteiger partial charge < -0.3 is 10.0 Å². The molecule has 0 aliphatic carbocycles. The average molecular weight is 346 g/mol. The zero-order valence-corrected chi connectivity index (χ0v) is 14.7. The lowest BCUT2D eigenvalue weighted by atomic mass is 9.92. The SMILES string of the molecule is CC(=O)N1CCC(Cc2cnc(CN3CCC[C@@H]3C(=O)O)cn2)CC1. The van der Waals surface area contributed by atoms with Crippen LogP contribution >= 0.6 is 0 Å². The van der Waals surface area contributed by atoms with E-state index >= 15 is 0 Å². The van der Waals surface area contributed by atoms with Crippen molar-refractivity contribution in [1.29, 1.82) is 0 Å². The molecule has 0 saturated carbocycles. The number of carbonyl (C=O) groups excluding carboxylic acids is 1. The highest BCUT2D eigenvalue weighted by Gasteiger charge is 2.30. The normalized spacial score (nSPS) is 22.3. The van der Waals surface area contributed by atoms with Crippen LogP contribution in [0.5, 0.6) is 0 Å². The van der Waals surface area contributed by atoms with Gasteiger partial charge in [-0.1, -0.05) is 0 Å². The van der Waals surface area contributed by atoms with Crippen molar-refractivity contribution in [3.8, 4) is 0 Å². The second kappa shape index (κ2) is 7.91. The molecule has 25 heavy (non-hydrogen) atoms. The molecule has 3 rings (SSSR count). The van der Waals surface area contributed by atoms with E-state index in [1.165, 1.54) is 0 Å². The largest absolute Gasteiger partial charge is 0.480 e. The molecule has 0 unspecified atom stereocenters. The molecule has 7 nitrogen and oxygen atoms in total. The smallest absolute Gasteiger partial charge is 0.320 e. The summed E-state index contributed by atoms with van der Waals surface area (Å²) in [6.07, 6.45) is 8.13. The zero-order chi connectivity index (χ0) is 17.8. The van der Waals surface area contributed by atoms with E-state index in [4.69, 9.17) is 0 Å². The lowest BCUT2D eigenvalue weighted by molar-refractivity contribution is -0.142. The lowest BCUT2D eigenvalue weighted by Gasteiger charge is -2.31. The number of aliphatic carboxylic acids is 1. The Balaban J connectivity index is 1.51. The number of amides is 1. The number of hydrogen-bond donors (Lipinski definition) is 1. The van der Waals surface area contributed by atoms with Gasteiger partial charge in [0.05, 0.1) is 17.6 Å². The van der Waals surface area contributed by atoms with Crippen LogP contribution in [0.15, 0.2) is 12.4 Å². The molecule has 136 valence electrons. The van der Waals surface area contributed by atoms with E-state index in [-0.39, 0.29) is 5.91 Å². The monoisotopic (exact) mass is 346 g/mol. The van der Waals surface area contributed by atoms with Crippen LogP contribution in [0.3, 0.4) is 0 Å². The summed E-state index contributed by atoms with van der Waals surface area (Å²) < 4.78 is 0. The van der Waals surface area contributed by atoms with E-state index in [2.05, 4.69) is 9.97 Å². The first-order valence-electron chi connectivity index (χ1n) is 9.05. The van der Waals surface area contributed by atoms with E-state index in [1.807, 2.05) is 16.0 Å². The van der Waals surface area contributed by atoms with Crippen molar-refractivity contribution < 1.29 is 14.7 Å². The Bertz CT molecular complexity index is 611. The van der Waals surface area contributed by atoms with Crippen LogP contribution in [-0.2, 0) is 22.6 Å². The van der Waals surface area contributed by atoms with Gasteiger partial charge in [-0.2, -0.15) is 0 Å². The molecule has 2 aliphatic heterocycles. The summed E-state index contributed by atoms with van der Waals surface area (Å²) in [5.41, 5.74) is 1.80. The number of aromatic nitrogens is 2. The fraction of sp³-hybridized carbons (Fsp3) is 0.667. The Kier molecular flexibility index (Phi) is 5.63. The molecule has 0 aromatic carbocycles. The summed E-state index contributed by atoms with van der Waals surface area (Å²) in [7, 11) is 0. The van der Waals surface area contributed by atoms with Gasteiger partial charge in [0.1, 0.15) is 6.04 Å². The van der Waals surface area contributed by atoms with E-state index in [0.717, 1.165) is 56.7 Å². The summed E-state index contributed by atoms with van der Waals surface area (Å²) in [5, 5.41) is 9.24. The number of carbonyl (C=O) groups is 2. The quantitative estimate of drug-likeness (QED) is 0.865. The number of carboxylic acids is 1. The Morgan fingerprint density at radius 1 is 1.12 bits per heavy atom. The third-order valence-corrected chi connectivity index (χ3v) is 5.33. The zero-order valence-electron chi connectivity index (χ0n) is 14.7. The van der Waals surface area contributed by atoms with Crippen LogP contribution < -0.4 is 0 Å². The molecule has 1 aromatic rings. The van der Waals surface area contributed by atoms with Crippen LogP contribution in [0.4, 0.5) is 0 Å². The molecule has 0 bridgehead atoms. The van der Waals surface area contributed by atoms with Gasteiger partial charge in [0, 0.05) is 32.8 Å². The van der Waals surface area contributed by atoms with Gasteiger partial charge in [-0.25, -0.2) is 0 Å². The van der Waals surface area contributed by atoms with Crippen molar-refractivity contribution in [2.45, 2.75) is 51.6 Å². The van der Waals surface area contributed by atoms with Crippen LogP contribution in [0.2, 0.25) is 0 Å². The summed E-state index contributed by atoms with van der Waals surface area (Å²) >= 11 is 0. The van der Waals surface area contributed by atoms with Crippen molar-refractivity contribution in [3.05, 3.63) is 23.8 Å². The number of piperidine rings is 1. The number of hydrogen-bond acceptors (Lipinski definition) is 5. The van der Waals surface area contributed by atoms with Crippen LogP contribution in [-0.4, -0.2) is 62.4 Å². The molecule has 2 saturated heterocycles. The minimum absolute atomic E-state index is 0.157. The highest BCUT2D eigenvalue weighted by Crippen LogP contribution is 2.22. The molecule has 1 amide bonds. The molecule has 3 heterocycles. The van der Waals surface area contributed by atoms with Crippen molar-refractivity contribution in [2.75, 3.05) is 19.6 Å². The first kappa shape index (κ1) is 17.8. The fourth-order valence-electron chi connectivity index (χ4n) is 3.82. The molecular weight excluding hydrogens is 320 g/mol. The van der Waals surface area contributed by atoms with Crippen LogP contribution in [0.1, 0.15) is 44.0 Å². The van der Waals surface area contributed by atoms with Gasteiger partial charge in [-0.15, -0.1) is 0 Å². The summed E-state index contributed by atoms with van der Waals surface area (Å²) in [5.74, 6) is -0.0473. The Hall–Kier alpha value is -2.02. The first-order chi connectivity index (χ1) is 12.0. The molecule has 1 atom stereocenters. The summed E-state index contributed by atoms with van der Waals surface area (Å²) in [6.45, 7) is 4.63. The molecular formula is C18H26N4O3. The number of nitrogens with zero attached hydrogens (tertiary/aromatic N) is 4. The number of likely N-dealkylation sites (tertiary alicyclic amines) is 2. The van der Waals surface area contributed by atoms with E-state index < -0.39 is 12.0 Å². The summed E-state index contributed by atoms with van der Waals surface area (Å²) in [4.78, 5) is 35.5. The number of carboxylic acid groups (broad SMARTS) is 1. The van der Waals surface area contributed by atoms with Gasteiger partial charge in [0.2, 0.25) is 5.91 Å². The first-order valence-corrected chi connectivity index (χ1v) is 9.05. The van der Waals surface area contributed by atoms with Crippen molar-refractivity contribution in [3.63, 3.8) is 0 Å². The molecule has 0 spiro atoms. The summed E-state index contributed by atoms with van der Waals surface area (Å²) in [6, 6.07) is -0.395. The van der Waals surface area contributed by atoms with E-state index in [9.17, 15) is 14.7 Å². The minimum atomic E-state index is -0.751. The highest BCUT2D eigenvalue weighted by atomic mass is 16.4. The van der Waals surface area contributed by atoms with Crippen molar-refractivity contribution in [1.82, 2.24) is 19.8 Å². The maximum atomic E-state index is 11.4.